The maximum Gasteiger partial charge on any atom is 0.172 e. The van der Waals surface area contributed by atoms with Crippen LogP contribution in [0.4, 0.5) is 0 Å². The number of ether oxygens (including phenoxy) is 1. The van der Waals surface area contributed by atoms with Gasteiger partial charge >= 0.3 is 0 Å². The third-order valence-corrected chi connectivity index (χ3v) is 1.57. The van der Waals surface area contributed by atoms with E-state index in [1.807, 2.05) is 0 Å². The topological polar surface area (TPSA) is 98.0 Å². The molecule has 1 heterocycles. The second kappa shape index (κ2) is 4.56. The Morgan fingerprint density at radius 2 is 2.38 bits per heavy atom. The van der Waals surface area contributed by atoms with Gasteiger partial charge in [0.15, 0.2) is 5.69 Å². The van der Waals surface area contributed by atoms with Gasteiger partial charge in [-0.05, 0) is 18.0 Å². The third-order valence-electron chi connectivity index (χ3n) is 1.57. The van der Waals surface area contributed by atoms with Crippen LogP contribution >= 0.6 is 0 Å². The Bertz CT molecular complexity index is 284. The Morgan fingerprint density at radius 1 is 1.62 bits per heavy atom. The van der Waals surface area contributed by atoms with E-state index in [1.54, 1.807) is 7.11 Å². The quantitative estimate of drug-likeness (QED) is 0.379. The minimum Gasteiger partial charge on any atom is -0.385 e. The van der Waals surface area contributed by atoms with E-state index in [9.17, 15) is 0 Å². The molecule has 0 bridgehead atoms. The van der Waals surface area contributed by atoms with Crippen LogP contribution in [0.5, 0.6) is 0 Å². The summed E-state index contributed by atoms with van der Waals surface area (Å²) >= 11 is 0. The zero-order chi connectivity index (χ0) is 9.68. The van der Waals surface area contributed by atoms with Gasteiger partial charge in [-0.25, -0.2) is 4.63 Å². The molecule has 6 heteroatoms. The minimum absolute atomic E-state index is 0.117. The zero-order valence-electron chi connectivity index (χ0n) is 7.41. The normalized spacial score (nSPS) is 10.2. The molecule has 0 radical (unpaired) electrons. The maximum absolute atomic E-state index is 7.16. The Labute approximate surface area is 75.5 Å². The fourth-order valence-corrected chi connectivity index (χ4v) is 0.959. The number of hydrogen-bond acceptors (Lipinski definition) is 5. The van der Waals surface area contributed by atoms with Gasteiger partial charge in [0.05, 0.1) is 0 Å². The molecule has 0 spiro atoms. The molecule has 1 aromatic rings. The lowest BCUT2D eigenvalue weighted by Crippen LogP contribution is -2.14. The molecular weight excluding hydrogens is 172 g/mol. The minimum atomic E-state index is -0.117. The molecule has 6 nitrogen and oxygen atoms in total. The summed E-state index contributed by atoms with van der Waals surface area (Å²) in [6.45, 7) is 0.643. The number of aryl methyl sites for hydroxylation is 1. The molecule has 0 aliphatic heterocycles. The summed E-state index contributed by atoms with van der Waals surface area (Å²) in [5, 5.41) is 14.3. The summed E-state index contributed by atoms with van der Waals surface area (Å²) < 4.78 is 9.35. The molecular formula is C7H12N4O2. The van der Waals surface area contributed by atoms with E-state index >= 15 is 0 Å². The largest absolute Gasteiger partial charge is 0.385 e. The van der Waals surface area contributed by atoms with E-state index in [0.717, 1.165) is 6.42 Å². The lowest BCUT2D eigenvalue weighted by atomic mass is 10.2. The molecule has 0 unspecified atom stereocenters. The standard InChI is InChI=1S/C7H12N4O2/c1-12-4-2-3-5-6(7(8)9)11-13-10-5/h2-4H2,1H3,(H3,8,9). The third kappa shape index (κ3) is 2.51. The van der Waals surface area contributed by atoms with E-state index in [-0.39, 0.29) is 5.84 Å². The first-order valence-corrected chi connectivity index (χ1v) is 3.90. The predicted octanol–water partition coefficient (Wildman–Crippen LogP) is -0.0673. The van der Waals surface area contributed by atoms with E-state index in [4.69, 9.17) is 15.9 Å². The van der Waals surface area contributed by atoms with Crippen molar-refractivity contribution in [3.63, 3.8) is 0 Å². The number of nitrogens with two attached hydrogens (primary N) is 1. The van der Waals surface area contributed by atoms with Crippen LogP contribution in [0.1, 0.15) is 17.8 Å². The van der Waals surface area contributed by atoms with E-state index in [2.05, 4.69) is 14.9 Å². The Morgan fingerprint density at radius 3 is 3.00 bits per heavy atom. The Balaban J connectivity index is 2.55. The van der Waals surface area contributed by atoms with Gasteiger partial charge in [0, 0.05) is 13.7 Å². The molecule has 0 amide bonds. The van der Waals surface area contributed by atoms with Crippen LogP contribution in [0.15, 0.2) is 4.63 Å². The molecule has 0 saturated heterocycles. The van der Waals surface area contributed by atoms with Gasteiger partial charge < -0.3 is 10.5 Å². The molecule has 1 rings (SSSR count). The number of amidine groups is 1. The van der Waals surface area contributed by atoms with Crippen LogP contribution in [-0.4, -0.2) is 29.9 Å². The van der Waals surface area contributed by atoms with E-state index in [1.165, 1.54) is 0 Å². The van der Waals surface area contributed by atoms with Crippen molar-refractivity contribution in [1.29, 1.82) is 5.41 Å². The van der Waals surface area contributed by atoms with Crippen molar-refractivity contribution in [2.45, 2.75) is 12.8 Å². The monoisotopic (exact) mass is 184 g/mol. The summed E-state index contributed by atoms with van der Waals surface area (Å²) in [5.41, 5.74) is 6.20. The van der Waals surface area contributed by atoms with Crippen molar-refractivity contribution in [1.82, 2.24) is 10.3 Å². The lowest BCUT2D eigenvalue weighted by Gasteiger charge is -1.96. The van der Waals surface area contributed by atoms with E-state index < -0.39 is 0 Å². The molecule has 0 aliphatic rings. The highest BCUT2D eigenvalue weighted by atomic mass is 16.6. The summed E-state index contributed by atoms with van der Waals surface area (Å²) in [4.78, 5) is 0. The number of rotatable bonds is 5. The summed E-state index contributed by atoms with van der Waals surface area (Å²) in [6.07, 6.45) is 1.47. The highest BCUT2D eigenvalue weighted by Gasteiger charge is 2.11. The van der Waals surface area contributed by atoms with Gasteiger partial charge in [-0.15, -0.1) is 0 Å². The van der Waals surface area contributed by atoms with Crippen LogP contribution in [-0.2, 0) is 11.2 Å². The smallest absolute Gasteiger partial charge is 0.172 e. The molecule has 0 saturated carbocycles. The number of nitrogens with one attached hydrogen (secondary N) is 1. The molecule has 0 aliphatic carbocycles. The zero-order valence-corrected chi connectivity index (χ0v) is 7.41. The molecule has 72 valence electrons. The number of nitrogens with zero attached hydrogens (tertiary/aromatic N) is 2. The highest BCUT2D eigenvalue weighted by molar-refractivity contribution is 5.93. The fraction of sp³-hybridized carbons (Fsp3) is 0.571. The molecule has 0 atom stereocenters. The lowest BCUT2D eigenvalue weighted by molar-refractivity contribution is 0.194. The summed E-state index contributed by atoms with van der Waals surface area (Å²) in [7, 11) is 1.63. The van der Waals surface area contributed by atoms with Gasteiger partial charge in [0.25, 0.3) is 0 Å². The molecule has 3 N–H and O–H groups in total. The van der Waals surface area contributed by atoms with E-state index in [0.29, 0.717) is 24.4 Å². The van der Waals surface area contributed by atoms with Crippen molar-refractivity contribution in [3.05, 3.63) is 11.4 Å². The first-order chi connectivity index (χ1) is 6.25. The summed E-state index contributed by atoms with van der Waals surface area (Å²) in [5.74, 6) is -0.117. The van der Waals surface area contributed by atoms with Crippen molar-refractivity contribution in [2.24, 2.45) is 5.73 Å². The van der Waals surface area contributed by atoms with Crippen LogP contribution < -0.4 is 5.73 Å². The number of methoxy groups -OCH3 is 1. The average molecular weight is 184 g/mol. The van der Waals surface area contributed by atoms with Crippen LogP contribution in [0.2, 0.25) is 0 Å². The fourth-order valence-electron chi connectivity index (χ4n) is 0.959. The van der Waals surface area contributed by atoms with Crippen LogP contribution in [0, 0.1) is 5.41 Å². The van der Waals surface area contributed by atoms with Gasteiger partial charge in [0.1, 0.15) is 11.5 Å². The van der Waals surface area contributed by atoms with Crippen LogP contribution in [0.25, 0.3) is 0 Å². The average Bonchev–Trinajstić information content (AvgIpc) is 2.53. The second-order valence-corrected chi connectivity index (χ2v) is 2.57. The Hall–Kier alpha value is -1.43. The van der Waals surface area contributed by atoms with Gasteiger partial charge in [-0.3, -0.25) is 5.41 Å². The first kappa shape index (κ1) is 9.66. The molecule has 0 fully saturated rings. The molecule has 13 heavy (non-hydrogen) atoms. The number of aromatic nitrogens is 2. The highest BCUT2D eigenvalue weighted by Crippen LogP contribution is 2.04. The number of hydrogen-bond donors (Lipinski definition) is 2. The number of nitrogen functional groups attached to an aromatic ring is 1. The van der Waals surface area contributed by atoms with Crippen LogP contribution in [0.3, 0.4) is 0 Å². The maximum atomic E-state index is 7.16. The first-order valence-electron chi connectivity index (χ1n) is 3.90. The molecule has 1 aromatic heterocycles. The van der Waals surface area contributed by atoms with Crippen molar-refractivity contribution in [3.8, 4) is 0 Å². The summed E-state index contributed by atoms with van der Waals surface area (Å²) in [6, 6.07) is 0. The second-order valence-electron chi connectivity index (χ2n) is 2.57. The predicted molar refractivity (Wildman–Crippen MR) is 45.5 cm³/mol. The van der Waals surface area contributed by atoms with Gasteiger partial charge in [-0.2, -0.15) is 0 Å². The van der Waals surface area contributed by atoms with Gasteiger partial charge in [-0.1, -0.05) is 5.16 Å². The molecule has 0 aromatic carbocycles. The Kier molecular flexibility index (Phi) is 3.39. The van der Waals surface area contributed by atoms with Gasteiger partial charge in [0.2, 0.25) is 0 Å². The van der Waals surface area contributed by atoms with Crippen molar-refractivity contribution >= 4 is 5.84 Å². The van der Waals surface area contributed by atoms with Crippen molar-refractivity contribution in [2.75, 3.05) is 13.7 Å². The SMILES string of the molecule is COCCCc1nonc1C(=N)N. The van der Waals surface area contributed by atoms with Crippen molar-refractivity contribution < 1.29 is 9.37 Å².